The van der Waals surface area contributed by atoms with Gasteiger partial charge in [-0.1, -0.05) is 75.0 Å². The van der Waals surface area contributed by atoms with E-state index in [4.69, 9.17) is 32.5 Å². The van der Waals surface area contributed by atoms with Crippen LogP contribution in [0.2, 0.25) is 10.0 Å². The second-order valence-electron chi connectivity index (χ2n) is 12.0. The monoisotopic (exact) mass is 658 g/mol. The summed E-state index contributed by atoms with van der Waals surface area (Å²) in [7, 11) is 0. The predicted octanol–water partition coefficient (Wildman–Crippen LogP) is 10.0. The number of aromatic carboxylic acids is 1. The van der Waals surface area contributed by atoms with Crippen LogP contribution in [0.25, 0.3) is 21.5 Å². The molecule has 0 bridgehead atoms. The van der Waals surface area contributed by atoms with Crippen LogP contribution in [-0.2, 0) is 16.9 Å². The highest BCUT2D eigenvalue weighted by Gasteiger charge is 2.61. The fraction of sp³-hybridized carbons (Fsp3) is 0.500. The number of thiazole rings is 1. The lowest BCUT2D eigenvalue weighted by atomic mass is 9.49. The summed E-state index contributed by atoms with van der Waals surface area (Å²) in [6, 6.07) is 10.3. The zero-order chi connectivity index (χ0) is 31.6. The molecular formula is C34H40Cl2N2O5S. The molecule has 0 radical (unpaired) electrons. The molecule has 0 amide bonds. The third kappa shape index (κ3) is 6.56. The largest absolute Gasteiger partial charge is 0.478 e. The van der Waals surface area contributed by atoms with Gasteiger partial charge >= 0.3 is 5.97 Å². The first-order chi connectivity index (χ1) is 21.1. The van der Waals surface area contributed by atoms with Crippen molar-refractivity contribution in [2.45, 2.75) is 103 Å². The van der Waals surface area contributed by atoms with E-state index in [2.05, 4.69) is 24.0 Å². The zero-order valence-electron chi connectivity index (χ0n) is 25.7. The summed E-state index contributed by atoms with van der Waals surface area (Å²) in [5.74, 6) is 0.261. The molecule has 0 aliphatic heterocycles. The van der Waals surface area contributed by atoms with Crippen LogP contribution in [0.15, 0.2) is 40.9 Å². The van der Waals surface area contributed by atoms with E-state index in [-0.39, 0.29) is 17.1 Å². The maximum Gasteiger partial charge on any atom is 0.335 e. The number of carbonyl (C=O) groups is 1. The van der Waals surface area contributed by atoms with Crippen LogP contribution in [0.1, 0.15) is 112 Å². The Labute approximate surface area is 272 Å². The number of aromatic nitrogens is 2. The lowest BCUT2D eigenvalue weighted by Gasteiger charge is -2.60. The quantitative estimate of drug-likeness (QED) is 0.194. The third-order valence-electron chi connectivity index (χ3n) is 8.62. The number of aliphatic hydroxyl groups is 1. The van der Waals surface area contributed by atoms with Crippen molar-refractivity contribution in [1.82, 2.24) is 10.1 Å². The van der Waals surface area contributed by atoms with Gasteiger partial charge in [-0.05, 0) is 74.3 Å². The van der Waals surface area contributed by atoms with Crippen LogP contribution < -0.4 is 0 Å². The Morgan fingerprint density at radius 2 is 1.75 bits per heavy atom. The van der Waals surface area contributed by atoms with Crippen LogP contribution in [0.5, 0.6) is 0 Å². The van der Waals surface area contributed by atoms with E-state index >= 15 is 0 Å². The second-order valence-corrected chi connectivity index (χ2v) is 13.8. The fourth-order valence-electron chi connectivity index (χ4n) is 6.16. The number of hydrogen-bond acceptors (Lipinski definition) is 7. The Kier molecular flexibility index (Phi) is 10.1. The highest BCUT2D eigenvalue weighted by Crippen LogP contribution is 2.65. The minimum Gasteiger partial charge on any atom is -0.478 e. The minimum atomic E-state index is -0.973. The molecule has 236 valence electrons. The van der Waals surface area contributed by atoms with E-state index in [0.29, 0.717) is 57.2 Å². The molecule has 3 saturated carbocycles. The molecule has 3 aliphatic rings. The van der Waals surface area contributed by atoms with Gasteiger partial charge in [-0.25, -0.2) is 9.78 Å². The van der Waals surface area contributed by atoms with Crippen molar-refractivity contribution in [3.8, 4) is 11.3 Å². The fourth-order valence-corrected chi connectivity index (χ4v) is 7.83. The van der Waals surface area contributed by atoms with Crippen LogP contribution >= 0.6 is 34.5 Å². The van der Waals surface area contributed by atoms with E-state index in [9.17, 15) is 15.0 Å². The van der Waals surface area contributed by atoms with Crippen LogP contribution in [0.3, 0.4) is 0 Å². The van der Waals surface area contributed by atoms with Crippen molar-refractivity contribution in [2.75, 3.05) is 0 Å². The number of nitrogens with zero attached hydrogens (tertiary/aromatic N) is 2. The molecular weight excluding hydrogens is 619 g/mol. The van der Waals surface area contributed by atoms with Crippen molar-refractivity contribution in [1.29, 1.82) is 0 Å². The Hall–Kier alpha value is -2.49. The van der Waals surface area contributed by atoms with Crippen LogP contribution in [0.4, 0.5) is 0 Å². The lowest BCUT2D eigenvalue weighted by Crippen LogP contribution is -2.58. The number of halogens is 2. The second kappa shape index (κ2) is 13.5. The SMILES string of the molecule is CC.CCCC.O=C(O)c1ccc2nc(C3(O)CC4(CC(OCc5c(-c6c(Cl)cccc6Cl)noc5C5CC5)C4)C3)sc2c1. The van der Waals surface area contributed by atoms with Gasteiger partial charge in [0, 0.05) is 17.0 Å². The lowest BCUT2D eigenvalue weighted by molar-refractivity contribution is -0.215. The first kappa shape index (κ1) is 32.9. The third-order valence-corrected chi connectivity index (χ3v) is 10.5. The standard InChI is InChI=1S/C28H24Cl2N2O5S.C4H10.C2H6/c29-18-2-1-3-19(30)22(18)23-17(24(37-32-23)14-4-5-14)11-36-16-9-27(10-16)12-28(35,13-27)26-31-20-7-6-15(25(33)34)8-21(20)38-26;1-3-4-2;1-2/h1-3,6-8,14,16,35H,4-5,9-13H2,(H,33,34);3-4H2,1-2H3;1-2H3. The molecule has 0 unspecified atom stereocenters. The number of carboxylic acid groups (broad SMARTS) is 1. The number of fused-ring (bicyclic) bond motifs is 1. The van der Waals surface area contributed by atoms with Crippen molar-refractivity contribution < 1.29 is 24.3 Å². The van der Waals surface area contributed by atoms with Crippen LogP contribution in [0, 0.1) is 5.41 Å². The zero-order valence-corrected chi connectivity index (χ0v) is 28.0. The molecule has 0 atom stereocenters. The van der Waals surface area contributed by atoms with Crippen molar-refractivity contribution in [3.63, 3.8) is 0 Å². The molecule has 2 heterocycles. The molecule has 2 aromatic carbocycles. The summed E-state index contributed by atoms with van der Waals surface area (Å²) in [6.45, 7) is 8.74. The summed E-state index contributed by atoms with van der Waals surface area (Å²) in [4.78, 5) is 15.9. The Bertz CT molecular complexity index is 1590. The smallest absolute Gasteiger partial charge is 0.335 e. The van der Waals surface area contributed by atoms with E-state index in [1.54, 1.807) is 30.3 Å². The summed E-state index contributed by atoms with van der Waals surface area (Å²) in [6.07, 6.45) is 7.88. The maximum atomic E-state index is 11.3. The first-order valence-electron chi connectivity index (χ1n) is 15.6. The maximum absolute atomic E-state index is 11.3. The number of hydrogen-bond donors (Lipinski definition) is 2. The highest BCUT2D eigenvalue weighted by molar-refractivity contribution is 7.18. The molecule has 7 nitrogen and oxygen atoms in total. The van der Waals surface area contributed by atoms with Gasteiger partial charge in [0.1, 0.15) is 22.1 Å². The summed E-state index contributed by atoms with van der Waals surface area (Å²) >= 11 is 14.3. The molecule has 2 N–H and O–H groups in total. The van der Waals surface area contributed by atoms with Gasteiger partial charge in [-0.2, -0.15) is 0 Å². The molecule has 2 aromatic heterocycles. The molecule has 44 heavy (non-hydrogen) atoms. The number of unbranched alkanes of at least 4 members (excludes halogenated alkanes) is 1. The van der Waals surface area contributed by atoms with Gasteiger partial charge in [-0.15, -0.1) is 11.3 Å². The average Bonchev–Trinajstić information content (AvgIpc) is 3.60. The number of carboxylic acids is 1. The van der Waals surface area contributed by atoms with Crippen molar-refractivity contribution in [2.24, 2.45) is 5.41 Å². The average molecular weight is 660 g/mol. The van der Waals surface area contributed by atoms with Gasteiger partial charge in [0.25, 0.3) is 0 Å². The van der Waals surface area contributed by atoms with Gasteiger partial charge in [0.2, 0.25) is 0 Å². The molecule has 3 aliphatic carbocycles. The van der Waals surface area contributed by atoms with E-state index < -0.39 is 11.6 Å². The Morgan fingerprint density at radius 1 is 1.09 bits per heavy atom. The first-order valence-corrected chi connectivity index (χ1v) is 17.1. The van der Waals surface area contributed by atoms with Gasteiger partial charge in [0.05, 0.1) is 38.5 Å². The van der Waals surface area contributed by atoms with Crippen molar-refractivity contribution >= 4 is 50.7 Å². The molecule has 4 aromatic rings. The van der Waals surface area contributed by atoms with Gasteiger partial charge in [0.15, 0.2) is 0 Å². The minimum absolute atomic E-state index is 0.0480. The molecule has 10 heteroatoms. The Balaban J connectivity index is 0.000000595. The molecule has 7 rings (SSSR count). The number of benzene rings is 2. The summed E-state index contributed by atoms with van der Waals surface area (Å²) in [5, 5.41) is 26.6. The van der Waals surface area contributed by atoms with Crippen LogP contribution in [-0.4, -0.2) is 32.4 Å². The van der Waals surface area contributed by atoms with E-state index in [1.165, 1.54) is 24.2 Å². The van der Waals surface area contributed by atoms with Crippen molar-refractivity contribution in [3.05, 3.63) is 68.3 Å². The topological polar surface area (TPSA) is 106 Å². The molecule has 0 saturated heterocycles. The van der Waals surface area contributed by atoms with E-state index in [0.717, 1.165) is 41.7 Å². The normalized spacial score (nSPS) is 23.7. The van der Waals surface area contributed by atoms with Gasteiger partial charge in [-0.3, -0.25) is 0 Å². The summed E-state index contributed by atoms with van der Waals surface area (Å²) < 4.78 is 12.9. The highest BCUT2D eigenvalue weighted by atomic mass is 35.5. The molecule has 1 spiro atoms. The number of rotatable bonds is 8. The number of ether oxygens (including phenoxy) is 1. The predicted molar refractivity (Wildman–Crippen MR) is 176 cm³/mol. The Morgan fingerprint density at radius 3 is 2.34 bits per heavy atom. The molecule has 3 fully saturated rings. The van der Waals surface area contributed by atoms with Gasteiger partial charge < -0.3 is 19.5 Å². The summed E-state index contributed by atoms with van der Waals surface area (Å²) in [5.41, 5.74) is 2.26. The van der Waals surface area contributed by atoms with E-state index in [1.807, 2.05) is 19.9 Å².